The number of nitrogens with zero attached hydrogens (tertiary/aromatic N) is 2. The molecule has 1 aromatic rings. The van der Waals surface area contributed by atoms with Crippen LogP contribution in [0.15, 0.2) is 6.33 Å². The number of hydrogen-bond donors (Lipinski definition) is 2. The van der Waals surface area contributed by atoms with E-state index in [1.54, 1.807) is 13.4 Å². The van der Waals surface area contributed by atoms with Gasteiger partial charge in [0.05, 0.1) is 19.3 Å². The molecular formula is C15H24N4O2. The summed E-state index contributed by atoms with van der Waals surface area (Å²) in [6.07, 6.45) is 6.52. The maximum absolute atomic E-state index is 5.87. The molecule has 1 saturated carbocycles. The summed E-state index contributed by atoms with van der Waals surface area (Å²) in [5.41, 5.74) is 0. The quantitative estimate of drug-likeness (QED) is 0.803. The van der Waals surface area contributed by atoms with Crippen molar-refractivity contribution in [3.8, 4) is 5.75 Å². The fourth-order valence-electron chi connectivity index (χ4n) is 2.87. The second-order valence-electron chi connectivity index (χ2n) is 5.74. The Labute approximate surface area is 125 Å². The Morgan fingerprint density at radius 3 is 2.81 bits per heavy atom. The summed E-state index contributed by atoms with van der Waals surface area (Å²) in [6, 6.07) is 0.320. The molecule has 0 radical (unpaired) electrons. The number of ether oxygens (including phenoxy) is 2. The lowest BCUT2D eigenvalue weighted by Crippen LogP contribution is -2.31. The molecule has 2 unspecified atom stereocenters. The van der Waals surface area contributed by atoms with Crippen molar-refractivity contribution in [3.63, 3.8) is 0 Å². The van der Waals surface area contributed by atoms with Crippen molar-refractivity contribution >= 4 is 11.6 Å². The first kappa shape index (κ1) is 14.4. The van der Waals surface area contributed by atoms with Gasteiger partial charge in [-0.2, -0.15) is 0 Å². The van der Waals surface area contributed by atoms with E-state index in [0.29, 0.717) is 17.9 Å². The number of methoxy groups -OCH3 is 1. The minimum atomic E-state index is 0.316. The maximum atomic E-state index is 5.87. The van der Waals surface area contributed by atoms with E-state index in [-0.39, 0.29) is 0 Å². The van der Waals surface area contributed by atoms with E-state index in [2.05, 4.69) is 27.5 Å². The minimum Gasteiger partial charge on any atom is -0.490 e. The van der Waals surface area contributed by atoms with Gasteiger partial charge < -0.3 is 20.1 Å². The fraction of sp³-hybridized carbons (Fsp3) is 0.733. The Hall–Kier alpha value is -1.56. The van der Waals surface area contributed by atoms with Crippen molar-refractivity contribution in [1.29, 1.82) is 0 Å². The number of aromatic nitrogens is 2. The van der Waals surface area contributed by atoms with Crippen LogP contribution >= 0.6 is 0 Å². The van der Waals surface area contributed by atoms with Crippen molar-refractivity contribution < 1.29 is 9.47 Å². The SMILES string of the molecule is CCCNc1ncnc(NC2CCOC2C2CC2)c1OC. The molecule has 1 saturated heterocycles. The highest BCUT2D eigenvalue weighted by Gasteiger charge is 2.41. The molecule has 0 amide bonds. The van der Waals surface area contributed by atoms with Gasteiger partial charge in [-0.15, -0.1) is 0 Å². The first-order chi connectivity index (χ1) is 10.3. The molecule has 6 nitrogen and oxygen atoms in total. The zero-order valence-electron chi connectivity index (χ0n) is 12.8. The summed E-state index contributed by atoms with van der Waals surface area (Å²) < 4.78 is 11.4. The molecule has 2 aliphatic rings. The first-order valence-electron chi connectivity index (χ1n) is 7.84. The second kappa shape index (κ2) is 6.47. The van der Waals surface area contributed by atoms with Gasteiger partial charge in [-0.3, -0.25) is 0 Å². The van der Waals surface area contributed by atoms with Crippen LogP contribution in [0.5, 0.6) is 5.75 Å². The zero-order valence-corrected chi connectivity index (χ0v) is 12.8. The van der Waals surface area contributed by atoms with Gasteiger partial charge in [0.25, 0.3) is 0 Å². The van der Waals surface area contributed by atoms with Gasteiger partial charge in [0, 0.05) is 13.2 Å². The molecule has 3 rings (SSSR count). The molecule has 116 valence electrons. The molecule has 0 aromatic carbocycles. The van der Waals surface area contributed by atoms with Gasteiger partial charge in [0.1, 0.15) is 6.33 Å². The molecule has 0 bridgehead atoms. The predicted octanol–water partition coefficient (Wildman–Crippen LogP) is 2.29. The van der Waals surface area contributed by atoms with E-state index in [1.165, 1.54) is 12.8 Å². The smallest absolute Gasteiger partial charge is 0.204 e. The molecule has 1 aliphatic heterocycles. The molecule has 6 heteroatoms. The predicted molar refractivity (Wildman–Crippen MR) is 81.9 cm³/mol. The molecule has 0 spiro atoms. The standard InChI is InChI=1S/C15H24N4O2/c1-3-7-16-14-13(20-2)15(18-9-17-14)19-11-6-8-21-12(11)10-4-5-10/h9-12H,3-8H2,1-2H3,(H2,16,17,18,19). The maximum Gasteiger partial charge on any atom is 0.204 e. The van der Waals surface area contributed by atoms with E-state index in [0.717, 1.165) is 43.5 Å². The van der Waals surface area contributed by atoms with Crippen LogP contribution in [0.25, 0.3) is 0 Å². The van der Waals surface area contributed by atoms with Crippen molar-refractivity contribution in [3.05, 3.63) is 6.33 Å². The Morgan fingerprint density at radius 1 is 1.29 bits per heavy atom. The van der Waals surface area contributed by atoms with Gasteiger partial charge >= 0.3 is 0 Å². The Kier molecular flexibility index (Phi) is 4.43. The molecule has 2 atom stereocenters. The van der Waals surface area contributed by atoms with Gasteiger partial charge in [-0.05, 0) is 31.6 Å². The van der Waals surface area contributed by atoms with E-state index >= 15 is 0 Å². The highest BCUT2D eigenvalue weighted by atomic mass is 16.5. The number of hydrogen-bond acceptors (Lipinski definition) is 6. The van der Waals surface area contributed by atoms with E-state index in [4.69, 9.17) is 9.47 Å². The summed E-state index contributed by atoms with van der Waals surface area (Å²) in [4.78, 5) is 8.62. The molecule has 2 heterocycles. The summed E-state index contributed by atoms with van der Waals surface area (Å²) in [5, 5.41) is 6.79. The summed E-state index contributed by atoms with van der Waals surface area (Å²) in [5.74, 6) is 2.91. The van der Waals surface area contributed by atoms with Crippen LogP contribution in [0.4, 0.5) is 11.6 Å². The van der Waals surface area contributed by atoms with Crippen LogP contribution in [0.2, 0.25) is 0 Å². The Morgan fingerprint density at radius 2 is 2.10 bits per heavy atom. The lowest BCUT2D eigenvalue weighted by molar-refractivity contribution is 0.0897. The van der Waals surface area contributed by atoms with E-state index < -0.39 is 0 Å². The third kappa shape index (κ3) is 3.20. The normalized spacial score (nSPS) is 24.9. The fourth-order valence-corrected chi connectivity index (χ4v) is 2.87. The number of anilines is 2. The van der Waals surface area contributed by atoms with Crippen LogP contribution in [-0.4, -0.2) is 42.4 Å². The van der Waals surface area contributed by atoms with Crippen molar-refractivity contribution in [2.75, 3.05) is 30.9 Å². The van der Waals surface area contributed by atoms with Crippen LogP contribution in [0.3, 0.4) is 0 Å². The molecule has 2 N–H and O–H groups in total. The lowest BCUT2D eigenvalue weighted by Gasteiger charge is -2.21. The van der Waals surface area contributed by atoms with E-state index in [1.807, 2.05) is 0 Å². The van der Waals surface area contributed by atoms with Crippen LogP contribution in [0.1, 0.15) is 32.6 Å². The molecule has 2 fully saturated rings. The average molecular weight is 292 g/mol. The van der Waals surface area contributed by atoms with Crippen LogP contribution < -0.4 is 15.4 Å². The van der Waals surface area contributed by atoms with Crippen molar-refractivity contribution in [2.45, 2.75) is 44.8 Å². The number of rotatable bonds is 7. The summed E-state index contributed by atoms with van der Waals surface area (Å²) in [6.45, 7) is 3.81. The monoisotopic (exact) mass is 292 g/mol. The highest BCUT2D eigenvalue weighted by molar-refractivity contribution is 5.64. The van der Waals surface area contributed by atoms with Gasteiger partial charge in [-0.25, -0.2) is 9.97 Å². The lowest BCUT2D eigenvalue weighted by atomic mass is 10.1. The van der Waals surface area contributed by atoms with Crippen molar-refractivity contribution in [1.82, 2.24) is 9.97 Å². The highest BCUT2D eigenvalue weighted by Crippen LogP contribution is 2.40. The zero-order chi connectivity index (χ0) is 14.7. The van der Waals surface area contributed by atoms with Gasteiger partial charge in [0.2, 0.25) is 5.75 Å². The average Bonchev–Trinajstić information content (AvgIpc) is 3.25. The largest absolute Gasteiger partial charge is 0.490 e. The summed E-state index contributed by atoms with van der Waals surface area (Å²) in [7, 11) is 1.66. The minimum absolute atomic E-state index is 0.316. The Bertz CT molecular complexity index is 479. The first-order valence-corrected chi connectivity index (χ1v) is 7.84. The Balaban J connectivity index is 1.74. The third-order valence-electron chi connectivity index (χ3n) is 4.09. The van der Waals surface area contributed by atoms with Gasteiger partial charge in [-0.1, -0.05) is 6.92 Å². The number of nitrogens with one attached hydrogen (secondary N) is 2. The topological polar surface area (TPSA) is 68.3 Å². The van der Waals surface area contributed by atoms with E-state index in [9.17, 15) is 0 Å². The molecular weight excluding hydrogens is 268 g/mol. The molecule has 1 aliphatic carbocycles. The van der Waals surface area contributed by atoms with Crippen LogP contribution in [0, 0.1) is 5.92 Å². The third-order valence-corrected chi connectivity index (χ3v) is 4.09. The summed E-state index contributed by atoms with van der Waals surface area (Å²) >= 11 is 0. The van der Waals surface area contributed by atoms with Crippen LogP contribution in [-0.2, 0) is 4.74 Å². The molecule has 1 aromatic heterocycles. The van der Waals surface area contributed by atoms with Crippen molar-refractivity contribution in [2.24, 2.45) is 5.92 Å². The van der Waals surface area contributed by atoms with Gasteiger partial charge in [0.15, 0.2) is 11.6 Å². The second-order valence-corrected chi connectivity index (χ2v) is 5.74. The molecule has 21 heavy (non-hydrogen) atoms.